The van der Waals surface area contributed by atoms with Gasteiger partial charge in [-0.1, -0.05) is 23.9 Å². The third-order valence-corrected chi connectivity index (χ3v) is 6.30. The zero-order valence-electron chi connectivity index (χ0n) is 15.2. The van der Waals surface area contributed by atoms with Gasteiger partial charge in [0.25, 0.3) is 5.91 Å². The van der Waals surface area contributed by atoms with Crippen molar-refractivity contribution in [3.05, 3.63) is 64.0 Å². The molecule has 0 atom stereocenters. The summed E-state index contributed by atoms with van der Waals surface area (Å²) in [4.78, 5) is 28.2. The number of hydrogen-bond donors (Lipinski definition) is 2. The SMILES string of the molecule is Cc1cc(=O)oc2c(/C=N/NC(=O)CSc3nc4ccccc4s3)c(O)ccc12. The summed E-state index contributed by atoms with van der Waals surface area (Å²) >= 11 is 2.85. The molecule has 0 unspecified atom stereocenters. The van der Waals surface area contributed by atoms with Crippen molar-refractivity contribution in [1.82, 2.24) is 10.4 Å². The van der Waals surface area contributed by atoms with Crippen LogP contribution in [-0.4, -0.2) is 28.0 Å². The van der Waals surface area contributed by atoms with Crippen molar-refractivity contribution in [2.45, 2.75) is 11.3 Å². The summed E-state index contributed by atoms with van der Waals surface area (Å²) in [6.07, 6.45) is 1.26. The van der Waals surface area contributed by atoms with Crippen LogP contribution in [0.2, 0.25) is 0 Å². The Morgan fingerprint density at radius 1 is 1.34 bits per heavy atom. The number of aromatic nitrogens is 1. The predicted octanol–water partition coefficient (Wildman–Crippen LogP) is 3.66. The van der Waals surface area contributed by atoms with Crippen LogP contribution in [0.3, 0.4) is 0 Å². The first-order chi connectivity index (χ1) is 14.0. The van der Waals surface area contributed by atoms with Crippen LogP contribution in [-0.2, 0) is 4.79 Å². The second kappa shape index (κ2) is 8.06. The Hall–Kier alpha value is -3.17. The number of carbonyl (C=O) groups excluding carboxylic acids is 1. The van der Waals surface area contributed by atoms with E-state index < -0.39 is 5.63 Å². The molecule has 0 saturated carbocycles. The lowest BCUT2D eigenvalue weighted by molar-refractivity contribution is -0.118. The second-order valence-electron chi connectivity index (χ2n) is 6.15. The van der Waals surface area contributed by atoms with Crippen LogP contribution < -0.4 is 11.1 Å². The van der Waals surface area contributed by atoms with E-state index in [0.717, 1.165) is 20.1 Å². The number of nitrogens with one attached hydrogen (secondary N) is 1. The molecule has 0 aliphatic heterocycles. The van der Waals surface area contributed by atoms with Gasteiger partial charge in [-0.15, -0.1) is 11.3 Å². The summed E-state index contributed by atoms with van der Waals surface area (Å²) in [6.45, 7) is 1.78. The first kappa shape index (κ1) is 19.2. The van der Waals surface area contributed by atoms with Gasteiger partial charge in [-0.25, -0.2) is 15.2 Å². The minimum Gasteiger partial charge on any atom is -0.507 e. The Morgan fingerprint density at radius 2 is 2.17 bits per heavy atom. The fourth-order valence-electron chi connectivity index (χ4n) is 2.76. The topological polar surface area (TPSA) is 105 Å². The molecule has 2 aromatic carbocycles. The van der Waals surface area contributed by atoms with Crippen molar-refractivity contribution < 1.29 is 14.3 Å². The number of fused-ring (bicyclic) bond motifs is 2. The van der Waals surface area contributed by atoms with Crippen molar-refractivity contribution in [3.63, 3.8) is 0 Å². The minimum absolute atomic E-state index is 0.104. The van der Waals surface area contributed by atoms with Gasteiger partial charge < -0.3 is 9.52 Å². The zero-order chi connectivity index (χ0) is 20.4. The minimum atomic E-state index is -0.522. The maximum Gasteiger partial charge on any atom is 0.336 e. The van der Waals surface area contributed by atoms with Crippen molar-refractivity contribution in [2.75, 3.05) is 5.75 Å². The second-order valence-corrected chi connectivity index (χ2v) is 8.41. The molecule has 0 fully saturated rings. The average Bonchev–Trinajstić information content (AvgIpc) is 3.11. The molecule has 0 saturated heterocycles. The Labute approximate surface area is 173 Å². The molecule has 1 amide bonds. The predicted molar refractivity (Wildman–Crippen MR) is 115 cm³/mol. The number of thioether (sulfide) groups is 1. The molecule has 0 spiro atoms. The fraction of sp³-hybridized carbons (Fsp3) is 0.100. The number of aromatic hydroxyl groups is 1. The van der Waals surface area contributed by atoms with Gasteiger partial charge in [-0.3, -0.25) is 4.79 Å². The largest absolute Gasteiger partial charge is 0.507 e. The number of carbonyl (C=O) groups is 1. The Kier molecular flexibility index (Phi) is 5.32. The van der Waals surface area contributed by atoms with E-state index in [1.165, 1.54) is 41.4 Å². The highest BCUT2D eigenvalue weighted by Gasteiger charge is 2.11. The van der Waals surface area contributed by atoms with Crippen LogP contribution in [0.4, 0.5) is 0 Å². The fourth-order valence-corrected chi connectivity index (χ4v) is 4.62. The number of para-hydroxylation sites is 1. The molecule has 2 aromatic heterocycles. The highest BCUT2D eigenvalue weighted by atomic mass is 32.2. The molecule has 4 rings (SSSR count). The van der Waals surface area contributed by atoms with E-state index >= 15 is 0 Å². The van der Waals surface area contributed by atoms with Gasteiger partial charge in [-0.2, -0.15) is 5.10 Å². The number of rotatable bonds is 5. The van der Waals surface area contributed by atoms with Crippen molar-refractivity contribution in [2.24, 2.45) is 5.10 Å². The van der Waals surface area contributed by atoms with Crippen LogP contribution in [0.25, 0.3) is 21.2 Å². The van der Waals surface area contributed by atoms with Crippen LogP contribution in [0.15, 0.2) is 61.1 Å². The van der Waals surface area contributed by atoms with Crippen molar-refractivity contribution in [1.29, 1.82) is 0 Å². The van der Waals surface area contributed by atoms with Gasteiger partial charge >= 0.3 is 5.63 Å². The van der Waals surface area contributed by atoms with E-state index in [1.807, 2.05) is 24.3 Å². The standard InChI is InChI=1S/C20H15N3O4S2/c1-11-8-18(26)27-19-12(11)6-7-15(24)13(19)9-21-23-17(25)10-28-20-22-14-4-2-3-5-16(14)29-20/h2-9,24H,10H2,1H3,(H,23,25)/b21-9+. The number of phenolic OH excluding ortho intramolecular Hbond substituents is 1. The summed E-state index contributed by atoms with van der Waals surface area (Å²) in [6, 6.07) is 12.3. The maximum absolute atomic E-state index is 12.1. The molecular weight excluding hydrogens is 410 g/mol. The quantitative estimate of drug-likeness (QED) is 0.219. The summed E-state index contributed by atoms with van der Waals surface area (Å²) in [5.74, 6) is -0.275. The van der Waals surface area contributed by atoms with Crippen molar-refractivity contribution in [3.8, 4) is 5.75 Å². The third-order valence-electron chi connectivity index (χ3n) is 4.12. The number of amides is 1. The molecule has 146 valence electrons. The third kappa shape index (κ3) is 4.15. The number of thiazole rings is 1. The van der Waals surface area contributed by atoms with Crippen LogP contribution in [0, 0.1) is 6.92 Å². The summed E-state index contributed by atoms with van der Waals surface area (Å²) in [5, 5.41) is 14.7. The molecule has 2 N–H and O–H groups in total. The van der Waals surface area contributed by atoms with Gasteiger partial charge in [0.15, 0.2) is 9.92 Å². The van der Waals surface area contributed by atoms with E-state index in [1.54, 1.807) is 13.0 Å². The Morgan fingerprint density at radius 3 is 3.00 bits per heavy atom. The van der Waals surface area contributed by atoms with Gasteiger partial charge in [0.2, 0.25) is 0 Å². The van der Waals surface area contributed by atoms with Gasteiger partial charge in [0, 0.05) is 11.5 Å². The maximum atomic E-state index is 12.1. The van der Waals surface area contributed by atoms with Crippen LogP contribution in [0.1, 0.15) is 11.1 Å². The van der Waals surface area contributed by atoms with E-state index in [-0.39, 0.29) is 28.6 Å². The van der Waals surface area contributed by atoms with Gasteiger partial charge in [0.1, 0.15) is 5.75 Å². The average molecular weight is 425 g/mol. The lowest BCUT2D eigenvalue weighted by Crippen LogP contribution is -2.19. The first-order valence-corrected chi connectivity index (χ1v) is 10.4. The lowest BCUT2D eigenvalue weighted by atomic mass is 10.1. The Bertz CT molecular complexity index is 1280. The molecule has 0 bridgehead atoms. The van der Waals surface area contributed by atoms with Gasteiger partial charge in [-0.05, 0) is 36.8 Å². The zero-order valence-corrected chi connectivity index (χ0v) is 16.8. The molecule has 0 aliphatic carbocycles. The Balaban J connectivity index is 1.45. The number of aryl methyl sites for hydroxylation is 1. The van der Waals surface area contributed by atoms with E-state index in [4.69, 9.17) is 4.42 Å². The van der Waals surface area contributed by atoms with Crippen molar-refractivity contribution >= 4 is 56.4 Å². The molecule has 0 radical (unpaired) electrons. The molecule has 29 heavy (non-hydrogen) atoms. The first-order valence-electron chi connectivity index (χ1n) is 8.58. The number of hydrazone groups is 1. The number of benzene rings is 2. The lowest BCUT2D eigenvalue weighted by Gasteiger charge is -2.05. The molecule has 0 aliphatic rings. The highest BCUT2D eigenvalue weighted by molar-refractivity contribution is 8.01. The van der Waals surface area contributed by atoms with E-state index in [9.17, 15) is 14.7 Å². The normalized spacial score (nSPS) is 11.5. The number of nitrogens with zero attached hydrogens (tertiary/aromatic N) is 2. The smallest absolute Gasteiger partial charge is 0.336 e. The molecule has 9 heteroatoms. The molecular formula is C20H15N3O4S2. The van der Waals surface area contributed by atoms with E-state index in [2.05, 4.69) is 15.5 Å². The molecule has 7 nitrogen and oxygen atoms in total. The van der Waals surface area contributed by atoms with Crippen LogP contribution in [0.5, 0.6) is 5.75 Å². The molecule has 4 aromatic rings. The van der Waals surface area contributed by atoms with Crippen LogP contribution >= 0.6 is 23.1 Å². The highest BCUT2D eigenvalue weighted by Crippen LogP contribution is 2.29. The van der Waals surface area contributed by atoms with Gasteiger partial charge in [0.05, 0.1) is 27.7 Å². The summed E-state index contributed by atoms with van der Waals surface area (Å²) in [7, 11) is 0. The number of phenols is 1. The summed E-state index contributed by atoms with van der Waals surface area (Å²) in [5.41, 5.74) is 3.96. The summed E-state index contributed by atoms with van der Waals surface area (Å²) < 4.78 is 7.08. The van der Waals surface area contributed by atoms with E-state index in [0.29, 0.717) is 5.39 Å². The monoisotopic (exact) mass is 425 g/mol. The number of hydrogen-bond acceptors (Lipinski definition) is 8. The molecule has 2 heterocycles.